The van der Waals surface area contributed by atoms with E-state index in [-0.39, 0.29) is 5.78 Å². The van der Waals surface area contributed by atoms with Crippen LogP contribution in [0.25, 0.3) is 22.4 Å². The first-order valence-corrected chi connectivity index (χ1v) is 8.53. The van der Waals surface area contributed by atoms with Gasteiger partial charge in [-0.1, -0.05) is 13.0 Å². The van der Waals surface area contributed by atoms with E-state index in [0.29, 0.717) is 6.42 Å². The van der Waals surface area contributed by atoms with E-state index in [4.69, 9.17) is 9.72 Å². The number of aryl methyl sites for hydroxylation is 1. The topological polar surface area (TPSA) is 44.1 Å². The number of imidazole rings is 1. The molecule has 1 aliphatic heterocycles. The third kappa shape index (κ3) is 2.48. The minimum Gasteiger partial charge on any atom is -0.494 e. The molecule has 0 atom stereocenters. The van der Waals surface area contributed by atoms with Crippen LogP contribution in [0.15, 0.2) is 42.5 Å². The van der Waals surface area contributed by atoms with Gasteiger partial charge in [-0.25, -0.2) is 4.98 Å². The van der Waals surface area contributed by atoms with Crippen LogP contribution in [-0.4, -0.2) is 21.9 Å². The number of ether oxygens (including phenoxy) is 1. The molecule has 0 saturated heterocycles. The van der Waals surface area contributed by atoms with Crippen molar-refractivity contribution in [2.75, 3.05) is 6.61 Å². The highest BCUT2D eigenvalue weighted by atomic mass is 16.5. The maximum absolute atomic E-state index is 12.3. The lowest BCUT2D eigenvalue weighted by Gasteiger charge is -2.09. The molecule has 0 bridgehead atoms. The van der Waals surface area contributed by atoms with E-state index >= 15 is 0 Å². The average molecular weight is 320 g/mol. The molecule has 0 saturated carbocycles. The van der Waals surface area contributed by atoms with Crippen molar-refractivity contribution in [3.8, 4) is 17.1 Å². The summed E-state index contributed by atoms with van der Waals surface area (Å²) in [4.78, 5) is 17.1. The van der Waals surface area contributed by atoms with Gasteiger partial charge in [0.1, 0.15) is 11.6 Å². The molecule has 0 aliphatic carbocycles. The van der Waals surface area contributed by atoms with Crippen LogP contribution in [0.5, 0.6) is 5.75 Å². The summed E-state index contributed by atoms with van der Waals surface area (Å²) in [6.07, 6.45) is 2.45. The predicted molar refractivity (Wildman–Crippen MR) is 94.5 cm³/mol. The summed E-state index contributed by atoms with van der Waals surface area (Å²) < 4.78 is 7.85. The Morgan fingerprint density at radius 3 is 2.79 bits per heavy atom. The number of carbonyl (C=O) groups is 1. The second-order valence-electron chi connectivity index (χ2n) is 6.16. The summed E-state index contributed by atoms with van der Waals surface area (Å²) in [5, 5.41) is 0. The number of nitrogens with zero attached hydrogens (tertiary/aromatic N) is 2. The summed E-state index contributed by atoms with van der Waals surface area (Å²) in [6, 6.07) is 13.9. The van der Waals surface area contributed by atoms with Gasteiger partial charge in [0.15, 0.2) is 5.78 Å². The lowest BCUT2D eigenvalue weighted by molar-refractivity contribution is 0.0982. The Balaban J connectivity index is 1.81. The van der Waals surface area contributed by atoms with Crippen molar-refractivity contribution >= 4 is 16.8 Å². The first-order chi connectivity index (χ1) is 11.8. The Morgan fingerprint density at radius 2 is 2.00 bits per heavy atom. The highest BCUT2D eigenvalue weighted by Crippen LogP contribution is 2.31. The zero-order valence-electron chi connectivity index (χ0n) is 13.8. The molecule has 0 amide bonds. The minimum absolute atomic E-state index is 0.217. The molecule has 0 unspecified atom stereocenters. The van der Waals surface area contributed by atoms with Gasteiger partial charge in [0.05, 0.1) is 17.6 Å². The Morgan fingerprint density at radius 1 is 1.17 bits per heavy atom. The van der Waals surface area contributed by atoms with Gasteiger partial charge < -0.3 is 9.30 Å². The molecular formula is C20H20N2O2. The molecule has 1 aromatic heterocycles. The van der Waals surface area contributed by atoms with Crippen LogP contribution in [0.2, 0.25) is 0 Å². The molecule has 3 aromatic rings. The highest BCUT2D eigenvalue weighted by molar-refractivity contribution is 6.07. The van der Waals surface area contributed by atoms with Crippen LogP contribution < -0.4 is 4.74 Å². The maximum Gasteiger partial charge on any atom is 0.165 e. The molecule has 0 fully saturated rings. The van der Waals surface area contributed by atoms with E-state index in [1.54, 1.807) is 0 Å². The number of hydrogen-bond donors (Lipinski definition) is 0. The zero-order chi connectivity index (χ0) is 16.5. The maximum atomic E-state index is 12.3. The summed E-state index contributed by atoms with van der Waals surface area (Å²) in [6.45, 7) is 3.64. The van der Waals surface area contributed by atoms with Crippen LogP contribution in [0.3, 0.4) is 0 Å². The first kappa shape index (κ1) is 14.9. The number of hydrogen-bond acceptors (Lipinski definition) is 3. The largest absolute Gasteiger partial charge is 0.494 e. The van der Waals surface area contributed by atoms with Crippen molar-refractivity contribution in [3.63, 3.8) is 0 Å². The predicted octanol–water partition coefficient (Wildman–Crippen LogP) is 4.47. The van der Waals surface area contributed by atoms with E-state index in [0.717, 1.165) is 59.7 Å². The third-order valence-electron chi connectivity index (χ3n) is 4.44. The molecule has 122 valence electrons. The lowest BCUT2D eigenvalue weighted by Crippen LogP contribution is -2.00. The summed E-state index contributed by atoms with van der Waals surface area (Å²) >= 11 is 0. The number of benzene rings is 2. The number of Topliss-reactive ketones (excluding diaryl/α,β-unsaturated/α-hetero) is 1. The Labute approximate surface area is 141 Å². The minimum atomic E-state index is 0.217. The number of carbonyl (C=O) groups excluding carboxylic acids is 1. The molecule has 1 aliphatic rings. The van der Waals surface area contributed by atoms with Gasteiger partial charge in [-0.3, -0.25) is 4.79 Å². The second-order valence-corrected chi connectivity index (χ2v) is 6.16. The summed E-state index contributed by atoms with van der Waals surface area (Å²) in [7, 11) is 0. The fraction of sp³-hybridized carbons (Fsp3) is 0.300. The number of ketones is 1. The summed E-state index contributed by atoms with van der Waals surface area (Å²) in [5.41, 5.74) is 3.72. The van der Waals surface area contributed by atoms with Crippen LogP contribution in [-0.2, 0) is 6.54 Å². The second kappa shape index (κ2) is 6.11. The van der Waals surface area contributed by atoms with Crippen LogP contribution in [0.4, 0.5) is 0 Å². The van der Waals surface area contributed by atoms with Crippen molar-refractivity contribution in [2.24, 2.45) is 0 Å². The molecule has 4 nitrogen and oxygen atoms in total. The van der Waals surface area contributed by atoms with Crippen LogP contribution in [0, 0.1) is 0 Å². The Hall–Kier alpha value is -2.62. The SMILES string of the molecule is CCCOc1ccc(-c2nc3cccc4c3n2CCCC4=O)cc1. The van der Waals surface area contributed by atoms with Gasteiger partial charge in [-0.05, 0) is 49.2 Å². The van der Waals surface area contributed by atoms with Crippen molar-refractivity contribution in [2.45, 2.75) is 32.7 Å². The fourth-order valence-corrected chi connectivity index (χ4v) is 3.30. The summed E-state index contributed by atoms with van der Waals surface area (Å²) in [5.74, 6) is 2.02. The smallest absolute Gasteiger partial charge is 0.165 e. The Kier molecular flexibility index (Phi) is 3.81. The lowest BCUT2D eigenvalue weighted by atomic mass is 10.1. The number of rotatable bonds is 4. The molecule has 2 aromatic carbocycles. The van der Waals surface area contributed by atoms with Crippen molar-refractivity contribution < 1.29 is 9.53 Å². The van der Waals surface area contributed by atoms with Crippen molar-refractivity contribution in [1.82, 2.24) is 9.55 Å². The fourth-order valence-electron chi connectivity index (χ4n) is 3.30. The number of para-hydroxylation sites is 1. The molecule has 0 N–H and O–H groups in total. The van der Waals surface area contributed by atoms with Gasteiger partial charge >= 0.3 is 0 Å². The van der Waals surface area contributed by atoms with Gasteiger partial charge in [0.2, 0.25) is 0 Å². The molecule has 0 radical (unpaired) electrons. The van der Waals surface area contributed by atoms with Gasteiger partial charge in [0, 0.05) is 24.1 Å². The molecular weight excluding hydrogens is 300 g/mol. The number of aromatic nitrogens is 2. The quantitative estimate of drug-likeness (QED) is 0.712. The van der Waals surface area contributed by atoms with Crippen LogP contribution in [0.1, 0.15) is 36.5 Å². The third-order valence-corrected chi connectivity index (χ3v) is 4.44. The average Bonchev–Trinajstić information content (AvgIpc) is 2.90. The first-order valence-electron chi connectivity index (χ1n) is 8.53. The normalized spacial score (nSPS) is 14.0. The van der Waals surface area contributed by atoms with E-state index in [9.17, 15) is 4.79 Å². The van der Waals surface area contributed by atoms with Gasteiger partial charge in [-0.2, -0.15) is 0 Å². The van der Waals surface area contributed by atoms with Crippen LogP contribution >= 0.6 is 0 Å². The van der Waals surface area contributed by atoms with E-state index in [1.807, 2.05) is 42.5 Å². The van der Waals surface area contributed by atoms with E-state index in [2.05, 4.69) is 11.5 Å². The van der Waals surface area contributed by atoms with E-state index < -0.39 is 0 Å². The highest BCUT2D eigenvalue weighted by Gasteiger charge is 2.21. The molecule has 4 heteroatoms. The van der Waals surface area contributed by atoms with Gasteiger partial charge in [-0.15, -0.1) is 0 Å². The van der Waals surface area contributed by atoms with E-state index in [1.165, 1.54) is 0 Å². The molecule has 4 rings (SSSR count). The standard InChI is InChI=1S/C20H20N2O2/c1-2-13-24-15-10-8-14(9-11-15)20-21-17-6-3-5-16-18(23)7-4-12-22(20)19(16)17/h3,5-6,8-11H,2,4,7,12-13H2,1H3. The van der Waals surface area contributed by atoms with Crippen molar-refractivity contribution in [1.29, 1.82) is 0 Å². The van der Waals surface area contributed by atoms with Gasteiger partial charge in [0.25, 0.3) is 0 Å². The monoisotopic (exact) mass is 320 g/mol. The molecule has 0 spiro atoms. The molecule has 24 heavy (non-hydrogen) atoms. The zero-order valence-corrected chi connectivity index (χ0v) is 13.8. The molecule has 2 heterocycles. The Bertz CT molecular complexity index is 894. The van der Waals surface area contributed by atoms with Crippen molar-refractivity contribution in [3.05, 3.63) is 48.0 Å².